The van der Waals surface area contributed by atoms with E-state index < -0.39 is 30.1 Å². The lowest BCUT2D eigenvalue weighted by Crippen LogP contribution is -2.54. The Balaban J connectivity index is 2.37. The number of hydrogen-bond donors (Lipinski definition) is 0. The van der Waals surface area contributed by atoms with Gasteiger partial charge < -0.3 is 4.74 Å². The van der Waals surface area contributed by atoms with Crippen LogP contribution in [0.2, 0.25) is 0 Å². The molecule has 0 unspecified atom stereocenters. The van der Waals surface area contributed by atoms with Gasteiger partial charge in [0.25, 0.3) is 5.92 Å². The van der Waals surface area contributed by atoms with E-state index in [0.29, 0.717) is 11.1 Å². The van der Waals surface area contributed by atoms with E-state index in [1.807, 2.05) is 6.07 Å². The first kappa shape index (κ1) is 12.5. The van der Waals surface area contributed by atoms with Crippen molar-refractivity contribution in [2.24, 2.45) is 0 Å². The summed E-state index contributed by atoms with van der Waals surface area (Å²) in [6, 6.07) is 8.02. The van der Waals surface area contributed by atoms with Crippen molar-refractivity contribution in [3.05, 3.63) is 35.4 Å². The maximum Gasteiger partial charge on any atom is 0.316 e. The molecule has 0 N–H and O–H groups in total. The quantitative estimate of drug-likeness (QED) is 0.758. The molecule has 0 aliphatic heterocycles. The van der Waals surface area contributed by atoms with Crippen molar-refractivity contribution in [2.75, 3.05) is 7.11 Å². The number of carbonyl (C=O) groups excluding carboxylic acids is 1. The molecule has 0 aromatic heterocycles. The van der Waals surface area contributed by atoms with Gasteiger partial charge in [-0.25, -0.2) is 8.78 Å². The first-order valence-corrected chi connectivity index (χ1v) is 5.40. The fraction of sp³-hybridized carbons (Fsp3) is 0.385. The van der Waals surface area contributed by atoms with Crippen molar-refractivity contribution in [1.29, 1.82) is 5.26 Å². The number of methoxy groups -OCH3 is 1. The monoisotopic (exact) mass is 251 g/mol. The number of rotatable bonds is 2. The van der Waals surface area contributed by atoms with Crippen LogP contribution >= 0.6 is 0 Å². The van der Waals surface area contributed by atoms with Gasteiger partial charge in [-0.2, -0.15) is 5.26 Å². The van der Waals surface area contributed by atoms with Crippen LogP contribution in [0.3, 0.4) is 0 Å². The number of nitriles is 1. The van der Waals surface area contributed by atoms with Gasteiger partial charge in [-0.1, -0.05) is 12.1 Å². The Morgan fingerprint density at radius 2 is 1.89 bits per heavy atom. The van der Waals surface area contributed by atoms with Crippen LogP contribution in [-0.2, 0) is 14.9 Å². The molecular weight excluding hydrogens is 240 g/mol. The predicted molar refractivity (Wildman–Crippen MR) is 59.0 cm³/mol. The van der Waals surface area contributed by atoms with Gasteiger partial charge >= 0.3 is 5.97 Å². The summed E-state index contributed by atoms with van der Waals surface area (Å²) in [5.41, 5.74) is -0.379. The smallest absolute Gasteiger partial charge is 0.316 e. The SMILES string of the molecule is COC(=O)C1(c2ccc(C#N)cc2)CC(F)(F)C1. The third kappa shape index (κ3) is 1.84. The van der Waals surface area contributed by atoms with E-state index >= 15 is 0 Å². The molecule has 0 spiro atoms. The lowest BCUT2D eigenvalue weighted by molar-refractivity contribution is -0.177. The molecule has 1 aromatic rings. The second-order valence-electron chi connectivity index (χ2n) is 4.47. The van der Waals surface area contributed by atoms with Crippen molar-refractivity contribution in [1.82, 2.24) is 0 Å². The maximum absolute atomic E-state index is 13.1. The Morgan fingerprint density at radius 1 is 1.33 bits per heavy atom. The van der Waals surface area contributed by atoms with Gasteiger partial charge in [0.1, 0.15) is 5.41 Å². The molecule has 1 aliphatic rings. The van der Waals surface area contributed by atoms with E-state index in [-0.39, 0.29) is 0 Å². The van der Waals surface area contributed by atoms with Gasteiger partial charge in [0.2, 0.25) is 0 Å². The van der Waals surface area contributed by atoms with E-state index in [1.165, 1.54) is 31.4 Å². The minimum Gasteiger partial charge on any atom is -0.468 e. The van der Waals surface area contributed by atoms with E-state index in [1.54, 1.807) is 0 Å². The highest BCUT2D eigenvalue weighted by molar-refractivity contribution is 5.85. The second kappa shape index (κ2) is 4.05. The molecule has 18 heavy (non-hydrogen) atoms. The van der Waals surface area contributed by atoms with Gasteiger partial charge in [0.05, 0.1) is 18.7 Å². The van der Waals surface area contributed by atoms with Gasteiger partial charge in [0.15, 0.2) is 0 Å². The zero-order valence-electron chi connectivity index (χ0n) is 9.74. The summed E-state index contributed by atoms with van der Waals surface area (Å²) >= 11 is 0. The molecule has 0 amide bonds. The molecule has 0 radical (unpaired) electrons. The van der Waals surface area contributed by atoms with Crippen molar-refractivity contribution in [3.63, 3.8) is 0 Å². The average Bonchev–Trinajstić information content (AvgIpc) is 2.34. The first-order chi connectivity index (χ1) is 8.43. The number of nitrogens with zero attached hydrogens (tertiary/aromatic N) is 1. The Morgan fingerprint density at radius 3 is 2.28 bits per heavy atom. The third-order valence-electron chi connectivity index (χ3n) is 3.26. The summed E-state index contributed by atoms with van der Waals surface area (Å²) in [6.07, 6.45) is -1.09. The molecule has 94 valence electrons. The Bertz CT molecular complexity index is 509. The van der Waals surface area contributed by atoms with Gasteiger partial charge in [-0.3, -0.25) is 4.79 Å². The van der Waals surface area contributed by atoms with E-state index in [0.717, 1.165) is 0 Å². The second-order valence-corrected chi connectivity index (χ2v) is 4.47. The summed E-state index contributed by atoms with van der Waals surface area (Å²) in [5, 5.41) is 8.68. The molecule has 2 rings (SSSR count). The molecule has 0 atom stereocenters. The van der Waals surface area contributed by atoms with Crippen LogP contribution < -0.4 is 0 Å². The Labute approximate surface area is 103 Å². The number of alkyl halides is 2. The zero-order valence-corrected chi connectivity index (χ0v) is 9.74. The molecule has 1 fully saturated rings. The van der Waals surface area contributed by atoms with Gasteiger partial charge in [0, 0.05) is 12.8 Å². The number of benzene rings is 1. The fourth-order valence-electron chi connectivity index (χ4n) is 2.36. The number of carbonyl (C=O) groups is 1. The van der Waals surface area contributed by atoms with Crippen LogP contribution in [0.25, 0.3) is 0 Å². The normalized spacial score (nSPS) is 19.4. The molecule has 0 saturated heterocycles. The molecule has 1 saturated carbocycles. The molecule has 5 heteroatoms. The largest absolute Gasteiger partial charge is 0.468 e. The topological polar surface area (TPSA) is 50.1 Å². The van der Waals surface area contributed by atoms with Crippen LogP contribution in [0, 0.1) is 11.3 Å². The lowest BCUT2D eigenvalue weighted by Gasteiger charge is -2.45. The van der Waals surface area contributed by atoms with Crippen LogP contribution in [0.5, 0.6) is 0 Å². The highest BCUT2D eigenvalue weighted by Gasteiger charge is 2.62. The minimum absolute atomic E-state index is 0.421. The van der Waals surface area contributed by atoms with Crippen LogP contribution in [0.4, 0.5) is 8.78 Å². The van der Waals surface area contributed by atoms with Crippen LogP contribution in [0.15, 0.2) is 24.3 Å². The van der Waals surface area contributed by atoms with Crippen molar-refractivity contribution >= 4 is 5.97 Å². The summed E-state index contributed by atoms with van der Waals surface area (Å²) in [4.78, 5) is 11.7. The molecular formula is C13H11F2NO2. The van der Waals surface area contributed by atoms with Gasteiger partial charge in [-0.15, -0.1) is 0 Å². The maximum atomic E-state index is 13.1. The third-order valence-corrected chi connectivity index (χ3v) is 3.26. The molecule has 1 aliphatic carbocycles. The standard InChI is InChI=1S/C13H11F2NO2/c1-18-11(17)12(7-13(14,15)8-12)10-4-2-9(6-16)3-5-10/h2-5H,7-8H2,1H3. The zero-order chi connectivity index (χ0) is 13.4. The summed E-state index contributed by atoms with van der Waals surface area (Å²) in [7, 11) is 1.18. The fourth-order valence-corrected chi connectivity index (χ4v) is 2.36. The number of ether oxygens (including phenoxy) is 1. The summed E-state index contributed by atoms with van der Waals surface area (Å²) in [5.74, 6) is -3.49. The van der Waals surface area contributed by atoms with E-state index in [2.05, 4.69) is 4.74 Å². The number of halogens is 2. The van der Waals surface area contributed by atoms with Crippen molar-refractivity contribution in [3.8, 4) is 6.07 Å². The Kier molecular flexibility index (Phi) is 2.81. The Hall–Kier alpha value is -1.96. The minimum atomic E-state index is -2.83. The van der Waals surface area contributed by atoms with Crippen LogP contribution in [-0.4, -0.2) is 19.0 Å². The highest BCUT2D eigenvalue weighted by Crippen LogP contribution is 2.54. The van der Waals surface area contributed by atoms with E-state index in [4.69, 9.17) is 5.26 Å². The molecule has 0 heterocycles. The van der Waals surface area contributed by atoms with Gasteiger partial charge in [-0.05, 0) is 17.7 Å². The first-order valence-electron chi connectivity index (χ1n) is 5.40. The average molecular weight is 251 g/mol. The highest BCUT2D eigenvalue weighted by atomic mass is 19.3. The van der Waals surface area contributed by atoms with Crippen molar-refractivity contribution < 1.29 is 18.3 Å². The lowest BCUT2D eigenvalue weighted by atomic mass is 9.62. The molecule has 0 bridgehead atoms. The number of esters is 1. The number of hydrogen-bond acceptors (Lipinski definition) is 3. The summed E-state index contributed by atoms with van der Waals surface area (Å²) < 4.78 is 30.8. The van der Waals surface area contributed by atoms with E-state index in [9.17, 15) is 13.6 Å². The van der Waals surface area contributed by atoms with Crippen molar-refractivity contribution in [2.45, 2.75) is 24.2 Å². The predicted octanol–water partition coefficient (Wildman–Crippen LogP) is 2.40. The molecule has 3 nitrogen and oxygen atoms in total. The van der Waals surface area contributed by atoms with Crippen LogP contribution in [0.1, 0.15) is 24.0 Å². The summed E-state index contributed by atoms with van der Waals surface area (Å²) in [6.45, 7) is 0. The molecule has 1 aromatic carbocycles.